The van der Waals surface area contributed by atoms with E-state index in [1.807, 2.05) is 0 Å². The summed E-state index contributed by atoms with van der Waals surface area (Å²) in [6.07, 6.45) is 0. The molecule has 102 valence electrons. The Hall–Kier alpha value is -1.60. The zero-order valence-corrected chi connectivity index (χ0v) is 11.7. The normalized spacial score (nSPS) is 11.6. The lowest BCUT2D eigenvalue weighted by Gasteiger charge is -2.08. The van der Waals surface area contributed by atoms with Crippen LogP contribution in [0, 0.1) is 19.7 Å². The molecule has 19 heavy (non-hydrogen) atoms. The first kappa shape index (κ1) is 13.8. The van der Waals surface area contributed by atoms with Gasteiger partial charge in [0.2, 0.25) is 0 Å². The molecule has 0 atom stereocenters. The number of nitrogens with one attached hydrogen (secondary N) is 2. The number of rotatable bonds is 3. The Labute approximate surface area is 114 Å². The average molecular weight is 304 g/mol. The van der Waals surface area contributed by atoms with Crippen LogP contribution in [0.1, 0.15) is 11.4 Å². The van der Waals surface area contributed by atoms with Crippen molar-refractivity contribution < 1.29 is 12.8 Å². The molecule has 0 fully saturated rings. The number of aryl methyl sites for hydroxylation is 2. The maximum atomic E-state index is 13.0. The highest BCUT2D eigenvalue weighted by Gasteiger charge is 2.22. The predicted molar refractivity (Wildman–Crippen MR) is 70.3 cm³/mol. The van der Waals surface area contributed by atoms with Gasteiger partial charge in [-0.1, -0.05) is 11.6 Å². The Balaban J connectivity index is 2.39. The minimum Gasteiger partial charge on any atom is -0.281 e. The molecule has 5 nitrogen and oxygen atoms in total. The van der Waals surface area contributed by atoms with Gasteiger partial charge in [0.1, 0.15) is 10.7 Å². The van der Waals surface area contributed by atoms with Crippen LogP contribution in [0.4, 0.5) is 10.1 Å². The maximum absolute atomic E-state index is 13.0. The van der Waals surface area contributed by atoms with Crippen LogP contribution >= 0.6 is 11.6 Å². The summed E-state index contributed by atoms with van der Waals surface area (Å²) >= 11 is 5.60. The maximum Gasteiger partial charge on any atom is 0.265 e. The van der Waals surface area contributed by atoms with Crippen LogP contribution in [0.5, 0.6) is 0 Å². The number of aromatic amines is 1. The average Bonchev–Trinajstić information content (AvgIpc) is 2.64. The van der Waals surface area contributed by atoms with E-state index in [9.17, 15) is 12.8 Å². The summed E-state index contributed by atoms with van der Waals surface area (Å²) < 4.78 is 39.7. The lowest BCUT2D eigenvalue weighted by atomic mass is 10.3. The van der Waals surface area contributed by atoms with Gasteiger partial charge in [-0.05, 0) is 32.0 Å². The molecule has 2 N–H and O–H groups in total. The van der Waals surface area contributed by atoms with Gasteiger partial charge in [0, 0.05) is 0 Å². The number of halogens is 2. The summed E-state index contributed by atoms with van der Waals surface area (Å²) in [5.41, 5.74) is 0.975. The zero-order valence-electron chi connectivity index (χ0n) is 10.2. The number of benzene rings is 1. The number of nitrogens with zero attached hydrogens (tertiary/aromatic N) is 1. The fourth-order valence-corrected chi connectivity index (χ4v) is 3.31. The molecule has 1 heterocycles. The molecule has 0 aliphatic rings. The van der Waals surface area contributed by atoms with E-state index in [-0.39, 0.29) is 15.6 Å². The molecular weight excluding hydrogens is 293 g/mol. The Morgan fingerprint density at radius 3 is 2.58 bits per heavy atom. The van der Waals surface area contributed by atoms with Crippen molar-refractivity contribution in [1.29, 1.82) is 0 Å². The highest BCUT2D eigenvalue weighted by atomic mass is 35.5. The van der Waals surface area contributed by atoms with Gasteiger partial charge < -0.3 is 0 Å². The molecule has 0 bridgehead atoms. The largest absolute Gasteiger partial charge is 0.281 e. The smallest absolute Gasteiger partial charge is 0.265 e. The van der Waals surface area contributed by atoms with Crippen molar-refractivity contribution in [2.45, 2.75) is 18.7 Å². The van der Waals surface area contributed by atoms with Crippen molar-refractivity contribution in [2.75, 3.05) is 4.72 Å². The van der Waals surface area contributed by atoms with Gasteiger partial charge in [-0.3, -0.25) is 9.82 Å². The molecule has 8 heteroatoms. The van der Waals surface area contributed by atoms with E-state index in [0.717, 1.165) is 6.07 Å². The summed E-state index contributed by atoms with van der Waals surface area (Å²) in [6, 6.07) is 3.60. The number of hydrogen-bond donors (Lipinski definition) is 2. The Morgan fingerprint density at radius 1 is 1.37 bits per heavy atom. The summed E-state index contributed by atoms with van der Waals surface area (Å²) in [7, 11) is -3.79. The van der Waals surface area contributed by atoms with Crippen LogP contribution in [0.25, 0.3) is 0 Å². The monoisotopic (exact) mass is 303 g/mol. The number of anilines is 1. The molecule has 1 aromatic carbocycles. The van der Waals surface area contributed by atoms with E-state index in [1.54, 1.807) is 13.8 Å². The Morgan fingerprint density at radius 2 is 2.05 bits per heavy atom. The van der Waals surface area contributed by atoms with Gasteiger partial charge in [0.15, 0.2) is 0 Å². The van der Waals surface area contributed by atoms with Crippen molar-refractivity contribution in [3.8, 4) is 0 Å². The van der Waals surface area contributed by atoms with E-state index in [4.69, 9.17) is 11.6 Å². The first-order chi connectivity index (χ1) is 8.81. The molecule has 2 rings (SSSR count). The number of hydrogen-bond acceptors (Lipinski definition) is 3. The molecule has 0 unspecified atom stereocenters. The van der Waals surface area contributed by atoms with Gasteiger partial charge in [-0.15, -0.1) is 0 Å². The third-order valence-corrected chi connectivity index (χ3v) is 4.43. The molecule has 0 saturated carbocycles. The highest BCUT2D eigenvalue weighted by molar-refractivity contribution is 7.92. The third-order valence-electron chi connectivity index (χ3n) is 2.50. The van der Waals surface area contributed by atoms with Crippen LogP contribution in [0.15, 0.2) is 23.1 Å². The molecule has 0 aliphatic heterocycles. The second-order valence-electron chi connectivity index (χ2n) is 4.00. The molecule has 0 amide bonds. The fraction of sp³-hybridized carbons (Fsp3) is 0.182. The highest BCUT2D eigenvalue weighted by Crippen LogP contribution is 2.24. The van der Waals surface area contributed by atoms with Gasteiger partial charge >= 0.3 is 0 Å². The van der Waals surface area contributed by atoms with Crippen molar-refractivity contribution >= 4 is 27.3 Å². The summed E-state index contributed by atoms with van der Waals surface area (Å²) in [5.74, 6) is -0.611. The third kappa shape index (κ3) is 2.71. The van der Waals surface area contributed by atoms with Gasteiger partial charge in [0.05, 0.1) is 22.1 Å². The number of sulfonamides is 1. The van der Waals surface area contributed by atoms with E-state index < -0.39 is 15.8 Å². The second-order valence-corrected chi connectivity index (χ2v) is 6.02. The van der Waals surface area contributed by atoms with Crippen molar-refractivity contribution in [2.24, 2.45) is 0 Å². The van der Waals surface area contributed by atoms with Crippen molar-refractivity contribution in [1.82, 2.24) is 10.2 Å². The molecule has 0 spiro atoms. The Bertz CT molecular complexity index is 708. The summed E-state index contributed by atoms with van der Waals surface area (Å²) in [5, 5.41) is 6.27. The first-order valence-electron chi connectivity index (χ1n) is 5.30. The van der Waals surface area contributed by atoms with Crippen LogP contribution in [0.3, 0.4) is 0 Å². The van der Waals surface area contributed by atoms with Gasteiger partial charge in [-0.25, -0.2) is 12.8 Å². The molecule has 2 aromatic rings. The first-order valence-corrected chi connectivity index (χ1v) is 7.17. The number of H-pyrrole nitrogens is 1. The van der Waals surface area contributed by atoms with Crippen LogP contribution < -0.4 is 4.72 Å². The minimum atomic E-state index is -3.79. The van der Waals surface area contributed by atoms with E-state index in [1.165, 1.54) is 12.1 Å². The van der Waals surface area contributed by atoms with Gasteiger partial charge in [0.25, 0.3) is 10.0 Å². The van der Waals surface area contributed by atoms with Crippen LogP contribution in [-0.2, 0) is 10.0 Å². The van der Waals surface area contributed by atoms with Crippen molar-refractivity contribution in [3.05, 3.63) is 40.4 Å². The van der Waals surface area contributed by atoms with Gasteiger partial charge in [-0.2, -0.15) is 5.10 Å². The second kappa shape index (κ2) is 4.82. The quantitative estimate of drug-likeness (QED) is 0.915. The van der Waals surface area contributed by atoms with E-state index in [2.05, 4.69) is 14.9 Å². The Kier molecular flexibility index (Phi) is 3.51. The molecule has 0 saturated heterocycles. The zero-order chi connectivity index (χ0) is 14.2. The summed E-state index contributed by atoms with van der Waals surface area (Å²) in [4.78, 5) is 0.0768. The van der Waals surface area contributed by atoms with E-state index >= 15 is 0 Å². The van der Waals surface area contributed by atoms with Crippen molar-refractivity contribution in [3.63, 3.8) is 0 Å². The summed E-state index contributed by atoms with van der Waals surface area (Å²) in [6.45, 7) is 3.18. The predicted octanol–water partition coefficient (Wildman–Crippen LogP) is 2.62. The fourth-order valence-electron chi connectivity index (χ4n) is 1.70. The SMILES string of the molecule is Cc1n[nH]c(C)c1S(=O)(=O)Nc1ccc(F)c(Cl)c1. The minimum absolute atomic E-state index is 0.0768. The topological polar surface area (TPSA) is 74.8 Å². The molecule has 0 aliphatic carbocycles. The molecule has 0 radical (unpaired) electrons. The lowest BCUT2D eigenvalue weighted by Crippen LogP contribution is -2.14. The lowest BCUT2D eigenvalue weighted by molar-refractivity contribution is 0.600. The molecular formula is C11H11ClFN3O2S. The van der Waals surface area contributed by atoms with Crippen LogP contribution in [-0.4, -0.2) is 18.6 Å². The molecule has 1 aromatic heterocycles. The van der Waals surface area contributed by atoms with E-state index in [0.29, 0.717) is 11.4 Å². The van der Waals surface area contributed by atoms with Crippen LogP contribution in [0.2, 0.25) is 5.02 Å². The standard InChI is InChI=1S/C11H11ClFN3O2S/c1-6-11(7(2)15-14-6)19(17,18)16-8-3-4-10(13)9(12)5-8/h3-5,16H,1-2H3,(H,14,15). The number of aromatic nitrogens is 2.